The van der Waals surface area contributed by atoms with Crippen molar-refractivity contribution in [2.45, 2.75) is 56.9 Å². The molecule has 10 nitrogen and oxygen atoms in total. The van der Waals surface area contributed by atoms with Crippen molar-refractivity contribution in [1.82, 2.24) is 0 Å². The van der Waals surface area contributed by atoms with Crippen LogP contribution in [0.2, 0.25) is 0 Å². The standard InChI is InChI=1S/C52H48O10/c1-56-47-40-27-28-58-48(40)45(46(55)44(47)42(54)29-41(53)39-25-15-6-16-26-39)50-52(61-33-38-23-13-5-14-24-38)51(60-32-37-21-11-4-12-22-37)49(59-31-36-19-9-3-10-20-36)43(62-50)34-57-30-35-17-7-2-8-18-35/h2-29,43,49-53,55H,30-34H2,1H3/b41-29+/t43-,49-,50+,51+,52+/m1/s1. The van der Waals surface area contributed by atoms with Crippen molar-refractivity contribution < 1.29 is 47.8 Å². The third-order valence-corrected chi connectivity index (χ3v) is 10.8. The number of carbonyl (C=O) groups is 1. The SMILES string of the molecule is COc1c(C(=O)/C=C(/O)c2ccccc2)c(O)c([C@@H]2O[C@H](COCc3ccccc3)[C@@H](OCc3ccccc3)[C@H](OCc3ccccc3)[C@H]2OCc2ccccc2)c2occc12. The summed E-state index contributed by atoms with van der Waals surface area (Å²) >= 11 is 0. The average Bonchev–Trinajstić information content (AvgIpc) is 3.80. The fourth-order valence-corrected chi connectivity index (χ4v) is 7.80. The average molecular weight is 833 g/mol. The molecule has 1 aromatic heterocycles. The number of allylic oxidation sites excluding steroid dienone is 1. The largest absolute Gasteiger partial charge is 0.507 e. The van der Waals surface area contributed by atoms with Crippen LogP contribution < -0.4 is 4.74 Å². The molecule has 5 atom stereocenters. The van der Waals surface area contributed by atoms with Crippen LogP contribution in [-0.2, 0) is 50.1 Å². The van der Waals surface area contributed by atoms with Gasteiger partial charge in [-0.2, -0.15) is 0 Å². The van der Waals surface area contributed by atoms with E-state index in [0.717, 1.165) is 28.3 Å². The zero-order chi connectivity index (χ0) is 42.7. The van der Waals surface area contributed by atoms with E-state index in [1.54, 1.807) is 36.4 Å². The highest BCUT2D eigenvalue weighted by molar-refractivity contribution is 6.15. The lowest BCUT2D eigenvalue weighted by Gasteiger charge is -2.46. The summed E-state index contributed by atoms with van der Waals surface area (Å²) < 4.78 is 46.1. The number of phenols is 1. The Morgan fingerprint density at radius 2 is 1.11 bits per heavy atom. The number of fused-ring (bicyclic) bond motifs is 1. The molecular formula is C52H48O10. The Bertz CT molecular complexity index is 2530. The lowest BCUT2D eigenvalue weighted by atomic mass is 9.87. The Kier molecular flexibility index (Phi) is 13.8. The Balaban J connectivity index is 1.27. The molecule has 0 bridgehead atoms. The van der Waals surface area contributed by atoms with Gasteiger partial charge < -0.3 is 43.1 Å². The summed E-state index contributed by atoms with van der Waals surface area (Å²) in [6, 6.07) is 49.5. The van der Waals surface area contributed by atoms with Crippen molar-refractivity contribution in [3.05, 3.63) is 209 Å². The first-order chi connectivity index (χ1) is 30.5. The lowest BCUT2D eigenvalue weighted by Crippen LogP contribution is -2.58. The molecule has 1 aliphatic heterocycles. The van der Waals surface area contributed by atoms with Crippen LogP contribution in [0.15, 0.2) is 174 Å². The van der Waals surface area contributed by atoms with Crippen LogP contribution in [0.1, 0.15) is 49.8 Å². The van der Waals surface area contributed by atoms with E-state index in [2.05, 4.69) is 0 Å². The van der Waals surface area contributed by atoms with Gasteiger partial charge in [-0.1, -0.05) is 152 Å². The van der Waals surface area contributed by atoms with Crippen LogP contribution in [0, 0.1) is 0 Å². The number of benzene rings is 6. The second-order valence-corrected chi connectivity index (χ2v) is 15.0. The van der Waals surface area contributed by atoms with Crippen LogP contribution >= 0.6 is 0 Å². The van der Waals surface area contributed by atoms with Gasteiger partial charge in [-0.25, -0.2) is 0 Å². The number of furan rings is 1. The molecule has 2 N–H and O–H groups in total. The smallest absolute Gasteiger partial charge is 0.197 e. The van der Waals surface area contributed by atoms with Gasteiger partial charge in [0.25, 0.3) is 0 Å². The number of hydrogen-bond acceptors (Lipinski definition) is 10. The molecule has 8 rings (SSSR count). The number of ketones is 1. The number of aliphatic hydroxyl groups excluding tert-OH is 1. The maximum atomic E-state index is 14.3. The second-order valence-electron chi connectivity index (χ2n) is 15.0. The number of phenolic OH excluding ortho intramolecular Hbond substituents is 1. The molecule has 1 saturated heterocycles. The van der Waals surface area contributed by atoms with Gasteiger partial charge in [0.2, 0.25) is 0 Å². The van der Waals surface area contributed by atoms with Gasteiger partial charge in [0, 0.05) is 11.6 Å². The van der Waals surface area contributed by atoms with Crippen LogP contribution in [-0.4, -0.2) is 54.1 Å². The summed E-state index contributed by atoms with van der Waals surface area (Å²) in [6.07, 6.45) is -1.96. The van der Waals surface area contributed by atoms with Crippen molar-refractivity contribution in [1.29, 1.82) is 0 Å². The third-order valence-electron chi connectivity index (χ3n) is 10.8. The Hall–Kier alpha value is -6.53. The molecule has 0 unspecified atom stereocenters. The first-order valence-electron chi connectivity index (χ1n) is 20.5. The van der Waals surface area contributed by atoms with Crippen molar-refractivity contribution in [2.24, 2.45) is 0 Å². The molecular weight excluding hydrogens is 785 g/mol. The number of aliphatic hydroxyl groups is 1. The Morgan fingerprint density at radius 3 is 1.65 bits per heavy atom. The molecule has 10 heteroatoms. The number of hydrogen-bond donors (Lipinski definition) is 2. The van der Waals surface area contributed by atoms with Gasteiger partial charge in [-0.3, -0.25) is 4.79 Å². The van der Waals surface area contributed by atoms with Gasteiger partial charge in [-0.05, 0) is 28.3 Å². The predicted octanol–water partition coefficient (Wildman–Crippen LogP) is 10.3. The zero-order valence-corrected chi connectivity index (χ0v) is 34.2. The molecule has 0 saturated carbocycles. The van der Waals surface area contributed by atoms with E-state index in [0.29, 0.717) is 17.6 Å². The minimum absolute atomic E-state index is 0.0679. The highest BCUT2D eigenvalue weighted by Crippen LogP contribution is 2.49. The molecule has 316 valence electrons. The summed E-state index contributed by atoms with van der Waals surface area (Å²) in [5, 5.41) is 24.0. The number of ether oxygens (including phenoxy) is 6. The first kappa shape index (κ1) is 42.2. The van der Waals surface area contributed by atoms with Gasteiger partial charge in [0.1, 0.15) is 58.9 Å². The predicted molar refractivity (Wildman–Crippen MR) is 235 cm³/mol. The summed E-state index contributed by atoms with van der Waals surface area (Å²) in [7, 11) is 1.41. The van der Waals surface area contributed by atoms with Gasteiger partial charge in [0.05, 0.1) is 57.4 Å². The van der Waals surface area contributed by atoms with Crippen LogP contribution in [0.5, 0.6) is 11.5 Å². The fourth-order valence-electron chi connectivity index (χ4n) is 7.80. The van der Waals surface area contributed by atoms with E-state index in [9.17, 15) is 15.0 Å². The Morgan fingerprint density at radius 1 is 0.629 bits per heavy atom. The molecule has 62 heavy (non-hydrogen) atoms. The van der Waals surface area contributed by atoms with Crippen molar-refractivity contribution in [3.63, 3.8) is 0 Å². The second kappa shape index (κ2) is 20.4. The van der Waals surface area contributed by atoms with E-state index in [-0.39, 0.29) is 54.6 Å². The van der Waals surface area contributed by atoms with Gasteiger partial charge in [-0.15, -0.1) is 0 Å². The molecule has 0 spiro atoms. The van der Waals surface area contributed by atoms with E-state index in [4.69, 9.17) is 32.8 Å². The van der Waals surface area contributed by atoms with Crippen LogP contribution in [0.25, 0.3) is 16.7 Å². The molecule has 0 amide bonds. The molecule has 0 aliphatic carbocycles. The number of methoxy groups -OCH3 is 1. The fraction of sp³-hybridized carbons (Fsp3) is 0.212. The van der Waals surface area contributed by atoms with E-state index in [1.165, 1.54) is 13.4 Å². The zero-order valence-electron chi connectivity index (χ0n) is 34.2. The topological polar surface area (TPSA) is 126 Å². The minimum Gasteiger partial charge on any atom is -0.507 e. The van der Waals surface area contributed by atoms with Crippen molar-refractivity contribution in [3.8, 4) is 11.5 Å². The van der Waals surface area contributed by atoms with E-state index >= 15 is 0 Å². The highest BCUT2D eigenvalue weighted by Gasteiger charge is 2.51. The van der Waals surface area contributed by atoms with Gasteiger partial charge in [0.15, 0.2) is 5.78 Å². The molecule has 0 radical (unpaired) electrons. The number of aromatic hydroxyl groups is 1. The molecule has 6 aromatic carbocycles. The lowest BCUT2D eigenvalue weighted by molar-refractivity contribution is -0.275. The third kappa shape index (κ3) is 9.81. The molecule has 2 heterocycles. The maximum absolute atomic E-state index is 14.3. The van der Waals surface area contributed by atoms with Gasteiger partial charge >= 0.3 is 0 Å². The quantitative estimate of drug-likeness (QED) is 0.0490. The Labute approximate surface area is 360 Å². The summed E-state index contributed by atoms with van der Waals surface area (Å²) in [4.78, 5) is 14.3. The minimum atomic E-state index is -1.13. The van der Waals surface area contributed by atoms with Crippen molar-refractivity contribution in [2.75, 3.05) is 13.7 Å². The van der Waals surface area contributed by atoms with E-state index in [1.807, 2.05) is 121 Å². The maximum Gasteiger partial charge on any atom is 0.197 e. The monoisotopic (exact) mass is 832 g/mol. The number of carbonyl (C=O) groups excluding carboxylic acids is 1. The van der Waals surface area contributed by atoms with Crippen LogP contribution in [0.3, 0.4) is 0 Å². The van der Waals surface area contributed by atoms with E-state index < -0.39 is 42.1 Å². The normalized spacial score (nSPS) is 19.0. The molecule has 1 aliphatic rings. The molecule has 1 fully saturated rings. The highest BCUT2D eigenvalue weighted by atomic mass is 16.6. The van der Waals surface area contributed by atoms with Crippen molar-refractivity contribution >= 4 is 22.5 Å². The van der Waals surface area contributed by atoms with Crippen LogP contribution in [0.4, 0.5) is 0 Å². The molecule has 7 aromatic rings. The summed E-state index contributed by atoms with van der Waals surface area (Å²) in [5.41, 5.74) is 4.34. The number of rotatable bonds is 18. The summed E-state index contributed by atoms with van der Waals surface area (Å²) in [5.74, 6) is -1.38. The summed E-state index contributed by atoms with van der Waals surface area (Å²) in [6.45, 7) is 0.946. The first-order valence-corrected chi connectivity index (χ1v) is 20.5.